The normalized spacial score (nSPS) is 23.8. The van der Waals surface area contributed by atoms with Crippen molar-refractivity contribution in [3.05, 3.63) is 0 Å². The SMILES string of the molecule is C#CCNCC(=O)N1CCS(=O)(=O)CC1C. The number of nitrogens with one attached hydrogen (secondary N) is 1. The average molecular weight is 244 g/mol. The molecule has 90 valence electrons. The van der Waals surface area contributed by atoms with E-state index in [0.29, 0.717) is 6.54 Å². The van der Waals surface area contributed by atoms with Crippen molar-refractivity contribution in [1.82, 2.24) is 10.2 Å². The van der Waals surface area contributed by atoms with E-state index in [1.54, 1.807) is 11.8 Å². The molecule has 6 heteroatoms. The molecule has 16 heavy (non-hydrogen) atoms. The predicted molar refractivity (Wildman–Crippen MR) is 61.5 cm³/mol. The molecule has 0 spiro atoms. The first-order valence-electron chi connectivity index (χ1n) is 5.10. The Labute approximate surface area is 96.1 Å². The maximum Gasteiger partial charge on any atom is 0.236 e. The lowest BCUT2D eigenvalue weighted by molar-refractivity contribution is -0.131. The van der Waals surface area contributed by atoms with Gasteiger partial charge in [0.2, 0.25) is 5.91 Å². The van der Waals surface area contributed by atoms with Gasteiger partial charge in [-0.25, -0.2) is 8.42 Å². The molecule has 1 atom stereocenters. The van der Waals surface area contributed by atoms with E-state index < -0.39 is 9.84 Å². The number of amides is 1. The average Bonchev–Trinajstić information content (AvgIpc) is 2.16. The third kappa shape index (κ3) is 3.51. The first kappa shape index (κ1) is 13.0. The van der Waals surface area contributed by atoms with Crippen molar-refractivity contribution >= 4 is 15.7 Å². The summed E-state index contributed by atoms with van der Waals surface area (Å²) in [6, 6.07) is -0.251. The van der Waals surface area contributed by atoms with Crippen LogP contribution >= 0.6 is 0 Å². The Balaban J connectivity index is 2.49. The van der Waals surface area contributed by atoms with Gasteiger partial charge in [0.05, 0.1) is 24.6 Å². The van der Waals surface area contributed by atoms with Crippen molar-refractivity contribution in [2.24, 2.45) is 0 Å². The van der Waals surface area contributed by atoms with E-state index >= 15 is 0 Å². The van der Waals surface area contributed by atoms with Gasteiger partial charge in [0.1, 0.15) is 0 Å². The summed E-state index contributed by atoms with van der Waals surface area (Å²) in [7, 11) is -2.97. The highest BCUT2D eigenvalue weighted by atomic mass is 32.2. The molecule has 1 rings (SSSR count). The maximum atomic E-state index is 11.7. The zero-order chi connectivity index (χ0) is 12.2. The Morgan fingerprint density at radius 2 is 2.31 bits per heavy atom. The van der Waals surface area contributed by atoms with Crippen LogP contribution in [-0.2, 0) is 14.6 Å². The summed E-state index contributed by atoms with van der Waals surface area (Å²) >= 11 is 0. The minimum atomic E-state index is -2.97. The number of hydrogen-bond donors (Lipinski definition) is 1. The Hall–Kier alpha value is -1.06. The lowest BCUT2D eigenvalue weighted by Gasteiger charge is -2.33. The van der Waals surface area contributed by atoms with E-state index in [9.17, 15) is 13.2 Å². The van der Waals surface area contributed by atoms with Gasteiger partial charge in [-0.15, -0.1) is 6.42 Å². The van der Waals surface area contributed by atoms with Gasteiger partial charge >= 0.3 is 0 Å². The summed E-state index contributed by atoms with van der Waals surface area (Å²) in [6.07, 6.45) is 5.04. The number of sulfone groups is 1. The third-order valence-corrected chi connectivity index (χ3v) is 4.29. The second-order valence-corrected chi connectivity index (χ2v) is 6.09. The van der Waals surface area contributed by atoms with Gasteiger partial charge < -0.3 is 4.90 Å². The van der Waals surface area contributed by atoms with E-state index in [4.69, 9.17) is 6.42 Å². The molecule has 1 saturated heterocycles. The van der Waals surface area contributed by atoms with Crippen LogP contribution in [0.25, 0.3) is 0 Å². The fourth-order valence-electron chi connectivity index (χ4n) is 1.71. The van der Waals surface area contributed by atoms with Crippen molar-refractivity contribution in [3.8, 4) is 12.3 Å². The van der Waals surface area contributed by atoms with Gasteiger partial charge in [-0.2, -0.15) is 0 Å². The molecule has 1 heterocycles. The minimum absolute atomic E-state index is 0.0495. The van der Waals surface area contributed by atoms with Crippen molar-refractivity contribution < 1.29 is 13.2 Å². The van der Waals surface area contributed by atoms with Crippen LogP contribution in [0.15, 0.2) is 0 Å². The first-order valence-corrected chi connectivity index (χ1v) is 6.92. The maximum absolute atomic E-state index is 11.7. The fraction of sp³-hybridized carbons (Fsp3) is 0.700. The van der Waals surface area contributed by atoms with E-state index in [2.05, 4.69) is 11.2 Å². The van der Waals surface area contributed by atoms with Crippen LogP contribution in [0.1, 0.15) is 6.92 Å². The summed E-state index contributed by atoms with van der Waals surface area (Å²) in [5.41, 5.74) is 0. The topological polar surface area (TPSA) is 66.5 Å². The molecule has 1 aliphatic rings. The molecule has 0 saturated carbocycles. The molecule has 0 radical (unpaired) electrons. The minimum Gasteiger partial charge on any atom is -0.337 e. The second-order valence-electron chi connectivity index (χ2n) is 3.86. The van der Waals surface area contributed by atoms with Crippen molar-refractivity contribution in [2.45, 2.75) is 13.0 Å². The molecule has 5 nitrogen and oxygen atoms in total. The molecular formula is C10H16N2O3S. The van der Waals surface area contributed by atoms with Gasteiger partial charge in [-0.3, -0.25) is 10.1 Å². The van der Waals surface area contributed by atoms with E-state index in [-0.39, 0.29) is 36.5 Å². The lowest BCUT2D eigenvalue weighted by atomic mass is 10.3. The molecule has 0 aromatic carbocycles. The summed E-state index contributed by atoms with van der Waals surface area (Å²) in [4.78, 5) is 13.3. The molecular weight excluding hydrogens is 228 g/mol. The molecule has 0 aliphatic carbocycles. The number of nitrogens with zero attached hydrogens (tertiary/aromatic N) is 1. The largest absolute Gasteiger partial charge is 0.337 e. The Morgan fingerprint density at radius 3 is 2.88 bits per heavy atom. The summed E-state index contributed by atoms with van der Waals surface area (Å²) in [6.45, 7) is 2.52. The van der Waals surface area contributed by atoms with E-state index in [1.807, 2.05) is 0 Å². The van der Waals surface area contributed by atoms with Crippen molar-refractivity contribution in [1.29, 1.82) is 0 Å². The van der Waals surface area contributed by atoms with Crippen LogP contribution in [0, 0.1) is 12.3 Å². The van der Waals surface area contributed by atoms with Crippen LogP contribution in [-0.4, -0.2) is 56.4 Å². The van der Waals surface area contributed by atoms with Crippen LogP contribution in [0.5, 0.6) is 0 Å². The highest BCUT2D eigenvalue weighted by Gasteiger charge is 2.30. The predicted octanol–water partition coefficient (Wildman–Crippen LogP) is -1.15. The van der Waals surface area contributed by atoms with Crippen LogP contribution in [0.3, 0.4) is 0 Å². The van der Waals surface area contributed by atoms with Crippen molar-refractivity contribution in [2.75, 3.05) is 31.1 Å². The Bertz CT molecular complexity index is 397. The zero-order valence-corrected chi connectivity index (χ0v) is 10.1. The standard InChI is InChI=1S/C10H16N2O3S/c1-3-4-11-7-10(13)12-5-6-16(14,15)8-9(12)2/h1,9,11H,4-8H2,2H3. The Morgan fingerprint density at radius 1 is 1.62 bits per heavy atom. The highest BCUT2D eigenvalue weighted by Crippen LogP contribution is 2.11. The van der Waals surface area contributed by atoms with Crippen LogP contribution in [0.4, 0.5) is 0 Å². The number of rotatable bonds is 3. The number of carbonyl (C=O) groups excluding carboxylic acids is 1. The van der Waals surface area contributed by atoms with Gasteiger partial charge in [-0.05, 0) is 6.92 Å². The summed E-state index contributed by atoms with van der Waals surface area (Å²) in [5.74, 6) is 2.38. The molecule has 1 aliphatic heterocycles. The van der Waals surface area contributed by atoms with Crippen molar-refractivity contribution in [3.63, 3.8) is 0 Å². The molecule has 1 amide bonds. The fourth-order valence-corrected chi connectivity index (χ4v) is 3.27. The molecule has 0 aromatic heterocycles. The van der Waals surface area contributed by atoms with Gasteiger partial charge in [0.15, 0.2) is 9.84 Å². The number of terminal acetylenes is 1. The quantitative estimate of drug-likeness (QED) is 0.503. The van der Waals surface area contributed by atoms with E-state index in [0.717, 1.165) is 0 Å². The van der Waals surface area contributed by atoms with Gasteiger partial charge in [-0.1, -0.05) is 5.92 Å². The van der Waals surface area contributed by atoms with Gasteiger partial charge in [0, 0.05) is 12.6 Å². The first-order chi connectivity index (χ1) is 7.46. The number of carbonyl (C=O) groups is 1. The van der Waals surface area contributed by atoms with Crippen LogP contribution in [0.2, 0.25) is 0 Å². The molecule has 1 N–H and O–H groups in total. The Kier molecular flexibility index (Phi) is 4.33. The lowest BCUT2D eigenvalue weighted by Crippen LogP contribution is -2.52. The zero-order valence-electron chi connectivity index (χ0n) is 9.27. The highest BCUT2D eigenvalue weighted by molar-refractivity contribution is 7.91. The summed E-state index contributed by atoms with van der Waals surface area (Å²) < 4.78 is 22.6. The number of hydrogen-bond acceptors (Lipinski definition) is 4. The molecule has 1 unspecified atom stereocenters. The third-order valence-electron chi connectivity index (χ3n) is 2.49. The van der Waals surface area contributed by atoms with E-state index in [1.165, 1.54) is 0 Å². The molecule has 0 aromatic rings. The molecule has 0 bridgehead atoms. The second kappa shape index (κ2) is 5.32. The van der Waals surface area contributed by atoms with Crippen LogP contribution < -0.4 is 5.32 Å². The smallest absolute Gasteiger partial charge is 0.236 e. The van der Waals surface area contributed by atoms with Gasteiger partial charge in [0.25, 0.3) is 0 Å². The monoisotopic (exact) mass is 244 g/mol. The summed E-state index contributed by atoms with van der Waals surface area (Å²) in [5, 5.41) is 2.80. The molecule has 1 fully saturated rings.